The summed E-state index contributed by atoms with van der Waals surface area (Å²) in [5.41, 5.74) is 0.253. The molecular weight excluding hydrogens is 314 g/mol. The van der Waals surface area contributed by atoms with E-state index in [0.717, 1.165) is 24.7 Å². The third-order valence-corrected chi connectivity index (χ3v) is 3.65. The highest BCUT2D eigenvalue weighted by Gasteiger charge is 2.26. The Bertz CT molecular complexity index is 508. The van der Waals surface area contributed by atoms with E-state index in [9.17, 15) is 9.59 Å². The predicted molar refractivity (Wildman–Crippen MR) is 92.6 cm³/mol. The quantitative estimate of drug-likeness (QED) is 0.718. The lowest BCUT2D eigenvalue weighted by Crippen LogP contribution is -2.38. The maximum atomic E-state index is 12.1. The van der Waals surface area contributed by atoms with E-state index in [-0.39, 0.29) is 5.92 Å². The zero-order valence-corrected chi connectivity index (χ0v) is 15.0. The number of halogens is 1. The van der Waals surface area contributed by atoms with Gasteiger partial charge in [-0.2, -0.15) is 0 Å². The fourth-order valence-electron chi connectivity index (χ4n) is 2.30. The first kappa shape index (κ1) is 19.5. The Morgan fingerprint density at radius 1 is 1.30 bits per heavy atom. The van der Waals surface area contributed by atoms with Crippen molar-refractivity contribution in [2.24, 2.45) is 5.92 Å². The number of hydrogen-bond acceptors (Lipinski definition) is 3. The number of alkyl carbamates (subject to hydrolysis) is 1. The molecule has 128 valence electrons. The number of ether oxygens (including phenoxy) is 1. The average molecular weight is 340 g/mol. The van der Waals surface area contributed by atoms with Crippen LogP contribution in [0.3, 0.4) is 0 Å². The molecule has 0 unspecified atom stereocenters. The second-order valence-corrected chi connectivity index (χ2v) is 7.05. The third kappa shape index (κ3) is 7.04. The first-order chi connectivity index (χ1) is 10.8. The van der Waals surface area contributed by atoms with Crippen molar-refractivity contribution in [2.75, 3.05) is 0 Å². The summed E-state index contributed by atoms with van der Waals surface area (Å²) >= 11 is 5.92. The van der Waals surface area contributed by atoms with E-state index in [4.69, 9.17) is 16.3 Å². The minimum absolute atomic E-state index is 0.302. The number of amides is 1. The highest BCUT2D eigenvalue weighted by molar-refractivity contribution is 6.30. The third-order valence-electron chi connectivity index (χ3n) is 3.40. The number of nitrogens with one attached hydrogen (secondary N) is 1. The molecular formula is C18H26ClNO3. The maximum Gasteiger partial charge on any atom is 0.408 e. The van der Waals surface area contributed by atoms with Crippen LogP contribution in [-0.2, 0) is 9.53 Å². The normalized spacial score (nSPS) is 14.0. The van der Waals surface area contributed by atoms with Gasteiger partial charge in [0.1, 0.15) is 11.9 Å². The molecule has 0 aliphatic carbocycles. The number of unbranched alkanes of at least 4 members (excludes halogenated alkanes) is 1. The zero-order chi connectivity index (χ0) is 17.5. The molecule has 0 aliphatic heterocycles. The maximum absolute atomic E-state index is 12.1. The Kier molecular flexibility index (Phi) is 7.56. The van der Waals surface area contributed by atoms with Crippen molar-refractivity contribution in [3.05, 3.63) is 34.9 Å². The topological polar surface area (TPSA) is 55.4 Å². The smallest absolute Gasteiger partial charge is 0.408 e. The van der Waals surface area contributed by atoms with Crippen LogP contribution in [0.1, 0.15) is 58.6 Å². The Hall–Kier alpha value is -1.55. The Morgan fingerprint density at radius 3 is 2.39 bits per heavy atom. The number of hydrogen-bond donors (Lipinski definition) is 1. The van der Waals surface area contributed by atoms with Crippen LogP contribution in [0.15, 0.2) is 24.3 Å². The number of benzene rings is 1. The number of carbonyl (C=O) groups is 2. The monoisotopic (exact) mass is 339 g/mol. The van der Waals surface area contributed by atoms with Crippen LogP contribution < -0.4 is 5.32 Å². The number of rotatable bonds is 7. The SMILES string of the molecule is CCCC[C@@H](C=O)[C@H](NC(=O)OC(C)(C)C)c1ccc(Cl)cc1. The van der Waals surface area contributed by atoms with Crippen molar-refractivity contribution in [3.8, 4) is 0 Å². The molecule has 0 heterocycles. The van der Waals surface area contributed by atoms with Crippen LogP contribution in [0.5, 0.6) is 0 Å². The van der Waals surface area contributed by atoms with Crippen LogP contribution in [-0.4, -0.2) is 18.0 Å². The molecule has 0 saturated carbocycles. The van der Waals surface area contributed by atoms with Gasteiger partial charge in [0.2, 0.25) is 0 Å². The van der Waals surface area contributed by atoms with Crippen molar-refractivity contribution in [1.82, 2.24) is 5.32 Å². The number of carbonyl (C=O) groups excluding carboxylic acids is 2. The molecule has 1 N–H and O–H groups in total. The molecule has 0 aliphatic rings. The minimum atomic E-state index is -0.589. The first-order valence-electron chi connectivity index (χ1n) is 7.97. The lowest BCUT2D eigenvalue weighted by molar-refractivity contribution is -0.112. The highest BCUT2D eigenvalue weighted by atomic mass is 35.5. The molecule has 0 aromatic heterocycles. The summed E-state index contributed by atoms with van der Waals surface area (Å²) in [6, 6.07) is 6.73. The molecule has 0 radical (unpaired) electrons. The van der Waals surface area contributed by atoms with E-state index in [2.05, 4.69) is 12.2 Å². The lowest BCUT2D eigenvalue weighted by Gasteiger charge is -2.27. The van der Waals surface area contributed by atoms with Gasteiger partial charge in [0.15, 0.2) is 0 Å². The van der Waals surface area contributed by atoms with Crippen molar-refractivity contribution in [3.63, 3.8) is 0 Å². The van der Waals surface area contributed by atoms with Crippen molar-refractivity contribution < 1.29 is 14.3 Å². The van der Waals surface area contributed by atoms with E-state index in [1.54, 1.807) is 32.9 Å². The molecule has 1 amide bonds. The Morgan fingerprint density at radius 2 is 1.91 bits per heavy atom. The standard InChI is InChI=1S/C18H26ClNO3/c1-5-6-7-14(12-21)16(13-8-10-15(19)11-9-13)20-17(22)23-18(2,3)4/h8-12,14,16H,5-7H2,1-4H3,(H,20,22)/t14-,16+/m0/s1. The van der Waals surface area contributed by atoms with E-state index in [1.807, 2.05) is 12.1 Å². The second kappa shape index (κ2) is 8.92. The molecule has 1 rings (SSSR count). The first-order valence-corrected chi connectivity index (χ1v) is 8.35. The van der Waals surface area contributed by atoms with Crippen LogP contribution in [0.4, 0.5) is 4.79 Å². The van der Waals surface area contributed by atoms with Gasteiger partial charge >= 0.3 is 6.09 Å². The van der Waals surface area contributed by atoms with Crippen LogP contribution in [0.25, 0.3) is 0 Å². The molecule has 1 aromatic rings. The van der Waals surface area contributed by atoms with Gasteiger partial charge in [-0.3, -0.25) is 0 Å². The summed E-state index contributed by atoms with van der Waals surface area (Å²) in [5, 5.41) is 3.45. The van der Waals surface area contributed by atoms with Gasteiger partial charge in [-0.05, 0) is 44.9 Å². The summed E-state index contributed by atoms with van der Waals surface area (Å²) < 4.78 is 5.32. The van der Waals surface area contributed by atoms with Crippen molar-refractivity contribution in [1.29, 1.82) is 0 Å². The summed E-state index contributed by atoms with van der Waals surface area (Å²) in [7, 11) is 0. The summed E-state index contributed by atoms with van der Waals surface area (Å²) in [6.07, 6.45) is 3.00. The average Bonchev–Trinajstić information content (AvgIpc) is 2.45. The summed E-state index contributed by atoms with van der Waals surface area (Å²) in [6.45, 7) is 7.48. The van der Waals surface area contributed by atoms with Crippen molar-refractivity contribution in [2.45, 2.75) is 58.6 Å². The second-order valence-electron chi connectivity index (χ2n) is 6.62. The van der Waals surface area contributed by atoms with E-state index in [0.29, 0.717) is 11.4 Å². The minimum Gasteiger partial charge on any atom is -0.444 e. The molecule has 4 nitrogen and oxygen atoms in total. The highest BCUT2D eigenvalue weighted by Crippen LogP contribution is 2.27. The van der Waals surface area contributed by atoms with Gasteiger partial charge in [0.25, 0.3) is 0 Å². The summed E-state index contributed by atoms with van der Waals surface area (Å²) in [4.78, 5) is 23.7. The molecule has 23 heavy (non-hydrogen) atoms. The van der Waals surface area contributed by atoms with E-state index >= 15 is 0 Å². The largest absolute Gasteiger partial charge is 0.444 e. The van der Waals surface area contributed by atoms with Crippen LogP contribution in [0.2, 0.25) is 5.02 Å². The van der Waals surface area contributed by atoms with Gasteiger partial charge in [-0.1, -0.05) is 43.5 Å². The van der Waals surface area contributed by atoms with Gasteiger partial charge < -0.3 is 14.8 Å². The lowest BCUT2D eigenvalue weighted by atomic mass is 9.90. The molecule has 5 heteroatoms. The van der Waals surface area contributed by atoms with Crippen molar-refractivity contribution >= 4 is 24.0 Å². The molecule has 0 bridgehead atoms. The van der Waals surface area contributed by atoms with E-state index < -0.39 is 17.7 Å². The Labute approximate surface area is 143 Å². The fraction of sp³-hybridized carbons (Fsp3) is 0.556. The molecule has 0 saturated heterocycles. The van der Waals surface area contributed by atoms with Gasteiger partial charge in [0, 0.05) is 10.9 Å². The molecule has 0 fully saturated rings. The van der Waals surface area contributed by atoms with E-state index in [1.165, 1.54) is 0 Å². The summed E-state index contributed by atoms with van der Waals surface area (Å²) in [5.74, 6) is -0.302. The van der Waals surface area contributed by atoms with Gasteiger partial charge in [-0.25, -0.2) is 4.79 Å². The van der Waals surface area contributed by atoms with Gasteiger partial charge in [0.05, 0.1) is 6.04 Å². The molecule has 1 aromatic carbocycles. The predicted octanol–water partition coefficient (Wildman–Crippen LogP) is 4.91. The fourth-order valence-corrected chi connectivity index (χ4v) is 2.42. The molecule has 0 spiro atoms. The van der Waals surface area contributed by atoms with Crippen LogP contribution in [0, 0.1) is 5.92 Å². The Balaban J connectivity index is 2.97. The van der Waals surface area contributed by atoms with Crippen LogP contribution >= 0.6 is 11.6 Å². The zero-order valence-electron chi connectivity index (χ0n) is 14.3. The van der Waals surface area contributed by atoms with Gasteiger partial charge in [-0.15, -0.1) is 0 Å². The molecule has 2 atom stereocenters. The number of aldehydes is 1.